The lowest BCUT2D eigenvalue weighted by molar-refractivity contribution is -0.133. The standard InChI is InChI=1S/C14H18N2O3S/c1-10-9-20(18,19)7-6-16(10)14(17)13-8-11-4-2-3-5-12(11)15-13/h2-5,10,13,15H,6-9H2,1H3. The van der Waals surface area contributed by atoms with Gasteiger partial charge in [-0.3, -0.25) is 4.79 Å². The molecule has 3 rings (SSSR count). The number of sulfone groups is 1. The SMILES string of the molecule is CC1CS(=O)(=O)CCN1C(=O)C1Cc2ccccc2N1. The van der Waals surface area contributed by atoms with Crippen LogP contribution in [0.5, 0.6) is 0 Å². The van der Waals surface area contributed by atoms with Gasteiger partial charge in [0.25, 0.3) is 0 Å². The van der Waals surface area contributed by atoms with Crippen LogP contribution in [0.1, 0.15) is 12.5 Å². The van der Waals surface area contributed by atoms with Gasteiger partial charge in [-0.05, 0) is 18.6 Å². The third-order valence-corrected chi connectivity index (χ3v) is 5.82. The largest absolute Gasteiger partial charge is 0.373 e. The van der Waals surface area contributed by atoms with Crippen LogP contribution in [-0.2, 0) is 21.1 Å². The number of benzene rings is 1. The number of hydrogen-bond donors (Lipinski definition) is 1. The number of rotatable bonds is 1. The number of carbonyl (C=O) groups excluding carboxylic acids is 1. The first kappa shape index (κ1) is 13.4. The summed E-state index contributed by atoms with van der Waals surface area (Å²) in [6, 6.07) is 7.37. The van der Waals surface area contributed by atoms with Crippen LogP contribution < -0.4 is 5.32 Å². The number of anilines is 1. The van der Waals surface area contributed by atoms with Crippen LogP contribution >= 0.6 is 0 Å². The second kappa shape index (κ2) is 4.77. The summed E-state index contributed by atoms with van der Waals surface area (Å²) >= 11 is 0. The molecule has 0 spiro atoms. The summed E-state index contributed by atoms with van der Waals surface area (Å²) in [7, 11) is -2.99. The third-order valence-electron chi connectivity index (χ3n) is 4.02. The molecule has 1 aromatic rings. The lowest BCUT2D eigenvalue weighted by atomic mass is 10.1. The van der Waals surface area contributed by atoms with Crippen molar-refractivity contribution < 1.29 is 13.2 Å². The minimum Gasteiger partial charge on any atom is -0.373 e. The fourth-order valence-corrected chi connectivity index (χ4v) is 4.53. The molecule has 6 heteroatoms. The second-order valence-electron chi connectivity index (χ2n) is 5.55. The maximum atomic E-state index is 12.6. The van der Waals surface area contributed by atoms with Crippen LogP contribution in [0, 0.1) is 0 Å². The van der Waals surface area contributed by atoms with Gasteiger partial charge in [0.05, 0.1) is 11.5 Å². The van der Waals surface area contributed by atoms with Crippen molar-refractivity contribution in [3.05, 3.63) is 29.8 Å². The number of nitrogens with one attached hydrogen (secondary N) is 1. The van der Waals surface area contributed by atoms with Crippen LogP contribution in [0.4, 0.5) is 5.69 Å². The first-order chi connectivity index (χ1) is 9.46. The molecule has 5 nitrogen and oxygen atoms in total. The normalized spacial score (nSPS) is 27.8. The molecule has 2 aliphatic rings. The Bertz CT molecular complexity index is 617. The molecule has 2 heterocycles. The van der Waals surface area contributed by atoms with Crippen LogP contribution in [-0.4, -0.2) is 49.4 Å². The molecule has 2 atom stereocenters. The Morgan fingerprint density at radius 1 is 1.35 bits per heavy atom. The molecule has 108 valence electrons. The fourth-order valence-electron chi connectivity index (χ4n) is 2.97. The van der Waals surface area contributed by atoms with Crippen LogP contribution in [0.15, 0.2) is 24.3 Å². The average Bonchev–Trinajstić information content (AvgIpc) is 2.80. The van der Waals surface area contributed by atoms with Gasteiger partial charge in [0, 0.05) is 24.7 Å². The van der Waals surface area contributed by atoms with E-state index in [9.17, 15) is 13.2 Å². The van der Waals surface area contributed by atoms with Gasteiger partial charge in [0.2, 0.25) is 5.91 Å². The monoisotopic (exact) mass is 294 g/mol. The van der Waals surface area contributed by atoms with Crippen molar-refractivity contribution >= 4 is 21.4 Å². The van der Waals surface area contributed by atoms with Crippen molar-refractivity contribution in [2.75, 3.05) is 23.4 Å². The first-order valence-electron chi connectivity index (χ1n) is 6.81. The van der Waals surface area contributed by atoms with Gasteiger partial charge in [0.15, 0.2) is 9.84 Å². The molecule has 1 amide bonds. The summed E-state index contributed by atoms with van der Waals surface area (Å²) in [5.41, 5.74) is 2.14. The maximum Gasteiger partial charge on any atom is 0.245 e. The molecule has 0 aromatic heterocycles. The highest BCUT2D eigenvalue weighted by atomic mass is 32.2. The number of fused-ring (bicyclic) bond motifs is 1. The summed E-state index contributed by atoms with van der Waals surface area (Å²) in [4.78, 5) is 14.3. The number of nitrogens with zero attached hydrogens (tertiary/aromatic N) is 1. The van der Waals surface area contributed by atoms with E-state index in [1.807, 2.05) is 24.3 Å². The highest BCUT2D eigenvalue weighted by molar-refractivity contribution is 7.91. The summed E-state index contributed by atoms with van der Waals surface area (Å²) in [5.74, 6) is 0.143. The van der Waals surface area contributed by atoms with Gasteiger partial charge < -0.3 is 10.2 Å². The zero-order valence-corrected chi connectivity index (χ0v) is 12.2. The molecular formula is C14H18N2O3S. The Kier molecular flexibility index (Phi) is 3.20. The van der Waals surface area contributed by atoms with Crippen LogP contribution in [0.2, 0.25) is 0 Å². The number of carbonyl (C=O) groups is 1. The summed E-state index contributed by atoms with van der Waals surface area (Å²) in [5, 5.41) is 3.23. The Morgan fingerprint density at radius 2 is 2.10 bits per heavy atom. The molecule has 20 heavy (non-hydrogen) atoms. The molecule has 1 aromatic carbocycles. The van der Waals surface area contributed by atoms with Crippen LogP contribution in [0.25, 0.3) is 0 Å². The van der Waals surface area contributed by atoms with Crippen molar-refractivity contribution in [3.63, 3.8) is 0 Å². The molecular weight excluding hydrogens is 276 g/mol. The van der Waals surface area contributed by atoms with Gasteiger partial charge in [-0.15, -0.1) is 0 Å². The Balaban J connectivity index is 1.72. The average molecular weight is 294 g/mol. The summed E-state index contributed by atoms with van der Waals surface area (Å²) in [6.45, 7) is 2.10. The molecule has 1 fully saturated rings. The quantitative estimate of drug-likeness (QED) is 0.826. The van der Waals surface area contributed by atoms with E-state index in [1.54, 1.807) is 11.8 Å². The highest BCUT2D eigenvalue weighted by Gasteiger charge is 2.36. The van der Waals surface area contributed by atoms with E-state index in [-0.39, 0.29) is 29.5 Å². The van der Waals surface area contributed by atoms with Crippen molar-refractivity contribution in [2.45, 2.75) is 25.4 Å². The molecule has 2 aliphatic heterocycles. The van der Waals surface area contributed by atoms with E-state index < -0.39 is 9.84 Å². The lowest BCUT2D eigenvalue weighted by Crippen LogP contribution is -2.53. The van der Waals surface area contributed by atoms with Gasteiger partial charge in [-0.25, -0.2) is 8.42 Å². The second-order valence-corrected chi connectivity index (χ2v) is 7.78. The number of para-hydroxylation sites is 1. The highest BCUT2D eigenvalue weighted by Crippen LogP contribution is 2.27. The fraction of sp³-hybridized carbons (Fsp3) is 0.500. The predicted molar refractivity (Wildman–Crippen MR) is 77.4 cm³/mol. The van der Waals surface area contributed by atoms with Gasteiger partial charge in [-0.1, -0.05) is 18.2 Å². The topological polar surface area (TPSA) is 66.5 Å². The molecule has 0 bridgehead atoms. The number of hydrogen-bond acceptors (Lipinski definition) is 4. The maximum absolute atomic E-state index is 12.6. The van der Waals surface area contributed by atoms with E-state index in [4.69, 9.17) is 0 Å². The van der Waals surface area contributed by atoms with Crippen LogP contribution in [0.3, 0.4) is 0 Å². The zero-order valence-electron chi connectivity index (χ0n) is 11.4. The first-order valence-corrected chi connectivity index (χ1v) is 8.64. The van der Waals surface area contributed by atoms with Gasteiger partial charge >= 0.3 is 0 Å². The molecule has 1 saturated heterocycles. The predicted octanol–water partition coefficient (Wildman–Crippen LogP) is 0.669. The zero-order chi connectivity index (χ0) is 14.3. The summed E-state index contributed by atoms with van der Waals surface area (Å²) in [6.07, 6.45) is 0.672. The Morgan fingerprint density at radius 3 is 2.80 bits per heavy atom. The molecule has 0 radical (unpaired) electrons. The third kappa shape index (κ3) is 2.40. The van der Waals surface area contributed by atoms with E-state index in [1.165, 1.54) is 0 Å². The van der Waals surface area contributed by atoms with E-state index in [2.05, 4.69) is 5.32 Å². The lowest BCUT2D eigenvalue weighted by Gasteiger charge is -2.35. The van der Waals surface area contributed by atoms with Crippen molar-refractivity contribution in [1.29, 1.82) is 0 Å². The Hall–Kier alpha value is -1.56. The Labute approximate surface area is 118 Å². The van der Waals surface area contributed by atoms with Crippen molar-refractivity contribution in [3.8, 4) is 0 Å². The molecule has 1 N–H and O–H groups in total. The van der Waals surface area contributed by atoms with Gasteiger partial charge in [-0.2, -0.15) is 0 Å². The molecule has 2 unspecified atom stereocenters. The van der Waals surface area contributed by atoms with Crippen molar-refractivity contribution in [1.82, 2.24) is 4.90 Å². The minimum atomic E-state index is -2.99. The van der Waals surface area contributed by atoms with Crippen molar-refractivity contribution in [2.24, 2.45) is 0 Å². The van der Waals surface area contributed by atoms with E-state index in [0.29, 0.717) is 13.0 Å². The summed E-state index contributed by atoms with van der Waals surface area (Å²) < 4.78 is 23.2. The number of amides is 1. The van der Waals surface area contributed by atoms with E-state index >= 15 is 0 Å². The van der Waals surface area contributed by atoms with Gasteiger partial charge in [0.1, 0.15) is 6.04 Å². The van der Waals surface area contributed by atoms with E-state index in [0.717, 1.165) is 11.3 Å². The molecule has 0 aliphatic carbocycles. The molecule has 0 saturated carbocycles. The smallest absolute Gasteiger partial charge is 0.245 e. The minimum absolute atomic E-state index is 0.00333.